The van der Waals surface area contributed by atoms with Gasteiger partial charge >= 0.3 is 0 Å². The van der Waals surface area contributed by atoms with Gasteiger partial charge in [-0.05, 0) is 60.9 Å². The minimum absolute atomic E-state index is 0.0553. The van der Waals surface area contributed by atoms with Gasteiger partial charge in [0.05, 0.1) is 12.3 Å². The van der Waals surface area contributed by atoms with E-state index in [1.165, 1.54) is 9.08 Å². The number of aromatic nitrogens is 3. The number of unbranched alkanes of at least 4 members (excludes halogenated alkanes) is 1. The Kier molecular flexibility index (Phi) is 7.65. The number of rotatable bonds is 10. The van der Waals surface area contributed by atoms with Crippen molar-refractivity contribution in [2.45, 2.75) is 32.7 Å². The van der Waals surface area contributed by atoms with Gasteiger partial charge in [0.25, 0.3) is 5.56 Å². The molecule has 0 spiro atoms. The zero-order valence-corrected chi connectivity index (χ0v) is 19.8. The third-order valence-corrected chi connectivity index (χ3v) is 5.74. The molecule has 34 heavy (non-hydrogen) atoms. The fourth-order valence-corrected chi connectivity index (χ4v) is 3.68. The summed E-state index contributed by atoms with van der Waals surface area (Å²) in [6.07, 6.45) is 6.05. The molecule has 4 rings (SSSR count). The molecule has 0 aliphatic rings. The van der Waals surface area contributed by atoms with Crippen LogP contribution in [0.25, 0.3) is 16.8 Å². The first-order chi connectivity index (χ1) is 16.5. The Bertz CT molecular complexity index is 1310. The second-order valence-corrected chi connectivity index (χ2v) is 8.48. The van der Waals surface area contributed by atoms with E-state index in [1.54, 1.807) is 18.5 Å². The maximum Gasteiger partial charge on any atom is 0.277 e. The lowest BCUT2D eigenvalue weighted by Gasteiger charge is -2.08. The van der Waals surface area contributed by atoms with E-state index in [1.807, 2.05) is 48.5 Å². The molecule has 0 aliphatic heterocycles. The summed E-state index contributed by atoms with van der Waals surface area (Å²) in [6.45, 7) is 3.24. The molecule has 0 unspecified atom stereocenters. The van der Waals surface area contributed by atoms with Crippen LogP contribution in [0.5, 0.6) is 5.75 Å². The highest BCUT2D eigenvalue weighted by Gasteiger charge is 2.11. The van der Waals surface area contributed by atoms with Crippen molar-refractivity contribution < 1.29 is 9.53 Å². The Morgan fingerprint density at radius 2 is 1.85 bits per heavy atom. The van der Waals surface area contributed by atoms with E-state index >= 15 is 0 Å². The molecule has 0 atom stereocenters. The largest absolute Gasteiger partial charge is 0.494 e. The molecular weight excluding hydrogens is 452 g/mol. The summed E-state index contributed by atoms with van der Waals surface area (Å²) in [6, 6.07) is 16.9. The third-order valence-electron chi connectivity index (χ3n) is 5.48. The molecule has 0 bridgehead atoms. The maximum absolute atomic E-state index is 12.9. The predicted octanol–water partition coefficient (Wildman–Crippen LogP) is 4.35. The molecule has 2 heterocycles. The minimum Gasteiger partial charge on any atom is -0.494 e. The molecule has 0 radical (unpaired) electrons. The second-order valence-electron chi connectivity index (χ2n) is 8.04. The van der Waals surface area contributed by atoms with Crippen LogP contribution in [0.15, 0.2) is 71.8 Å². The Labute approximate surface area is 202 Å². The number of fused-ring (bicyclic) bond motifs is 1. The Morgan fingerprint density at radius 3 is 2.59 bits per heavy atom. The van der Waals surface area contributed by atoms with Gasteiger partial charge in [-0.25, -0.2) is 4.52 Å². The highest BCUT2D eigenvalue weighted by molar-refractivity contribution is 6.30. The highest BCUT2D eigenvalue weighted by Crippen LogP contribution is 2.22. The number of nitrogens with zero attached hydrogens (tertiary/aromatic N) is 3. The van der Waals surface area contributed by atoms with Crippen molar-refractivity contribution >= 4 is 23.0 Å². The molecule has 1 amide bonds. The highest BCUT2D eigenvalue weighted by atomic mass is 35.5. The topological polar surface area (TPSA) is 77.6 Å². The summed E-state index contributed by atoms with van der Waals surface area (Å²) in [4.78, 5) is 25.3. The molecule has 4 aromatic rings. The van der Waals surface area contributed by atoms with Gasteiger partial charge in [-0.1, -0.05) is 37.1 Å². The lowest BCUT2D eigenvalue weighted by atomic mass is 10.1. The van der Waals surface area contributed by atoms with Crippen molar-refractivity contribution in [1.82, 2.24) is 19.5 Å². The molecule has 2 aromatic carbocycles. The summed E-state index contributed by atoms with van der Waals surface area (Å²) >= 11 is 5.89. The average molecular weight is 479 g/mol. The van der Waals surface area contributed by atoms with Crippen molar-refractivity contribution in [3.8, 4) is 17.0 Å². The molecule has 0 aliphatic carbocycles. The summed E-state index contributed by atoms with van der Waals surface area (Å²) in [5, 5.41) is 8.05. The standard InChI is InChI=1S/C26H27ClN4O3/c1-2-3-16-34-22-10-6-20(7-11-22)23-17-24-26(33)30(14-15-31(24)29-23)18-25(32)28-13-12-19-4-8-21(27)9-5-19/h4-11,14-15,17H,2-3,12-13,16,18H2,1H3,(H,28,32). The van der Waals surface area contributed by atoms with E-state index in [2.05, 4.69) is 17.3 Å². The van der Waals surface area contributed by atoms with Gasteiger partial charge in [0.15, 0.2) is 0 Å². The first-order valence-electron chi connectivity index (χ1n) is 11.4. The van der Waals surface area contributed by atoms with Crippen LogP contribution in [0.3, 0.4) is 0 Å². The number of ether oxygens (including phenoxy) is 1. The summed E-state index contributed by atoms with van der Waals surface area (Å²) in [7, 11) is 0. The Balaban J connectivity index is 1.40. The molecule has 2 aromatic heterocycles. The number of hydrogen-bond donors (Lipinski definition) is 1. The van der Waals surface area contributed by atoms with Gasteiger partial charge in [-0.3, -0.25) is 9.59 Å². The summed E-state index contributed by atoms with van der Waals surface area (Å²) in [5.74, 6) is 0.587. The SMILES string of the molecule is CCCCOc1ccc(-c2cc3c(=O)n(CC(=O)NCCc4ccc(Cl)cc4)ccn3n2)cc1. The number of carbonyl (C=O) groups excluding carboxylic acids is 1. The number of halogens is 1. The van der Waals surface area contributed by atoms with E-state index in [0.717, 1.165) is 29.7 Å². The lowest BCUT2D eigenvalue weighted by molar-refractivity contribution is -0.121. The first-order valence-corrected chi connectivity index (χ1v) is 11.7. The molecule has 176 valence electrons. The number of hydrogen-bond acceptors (Lipinski definition) is 4. The van der Waals surface area contributed by atoms with Crippen molar-refractivity contribution in [3.05, 3.63) is 87.9 Å². The van der Waals surface area contributed by atoms with Crippen LogP contribution >= 0.6 is 11.6 Å². The van der Waals surface area contributed by atoms with Crippen LogP contribution in [0.4, 0.5) is 0 Å². The zero-order chi connectivity index (χ0) is 23.9. The van der Waals surface area contributed by atoms with Gasteiger partial charge in [0.2, 0.25) is 5.91 Å². The summed E-state index contributed by atoms with van der Waals surface area (Å²) in [5.41, 5.74) is 2.79. The van der Waals surface area contributed by atoms with Gasteiger partial charge in [-0.15, -0.1) is 0 Å². The lowest BCUT2D eigenvalue weighted by Crippen LogP contribution is -2.33. The Morgan fingerprint density at radius 1 is 1.09 bits per heavy atom. The number of carbonyl (C=O) groups is 1. The molecule has 1 N–H and O–H groups in total. The third kappa shape index (κ3) is 5.85. The average Bonchev–Trinajstić information content (AvgIpc) is 3.28. The van der Waals surface area contributed by atoms with E-state index < -0.39 is 0 Å². The normalized spacial score (nSPS) is 11.0. The molecule has 8 heteroatoms. The van der Waals surface area contributed by atoms with Crippen LogP contribution < -0.4 is 15.6 Å². The first kappa shape index (κ1) is 23.6. The van der Waals surface area contributed by atoms with E-state index in [9.17, 15) is 9.59 Å². The van der Waals surface area contributed by atoms with Crippen molar-refractivity contribution in [2.75, 3.05) is 13.2 Å². The molecular formula is C26H27ClN4O3. The fourth-order valence-electron chi connectivity index (χ4n) is 3.56. The van der Waals surface area contributed by atoms with Gasteiger partial charge in [-0.2, -0.15) is 5.10 Å². The number of amides is 1. The molecule has 0 saturated carbocycles. The quantitative estimate of drug-likeness (QED) is 0.344. The zero-order valence-electron chi connectivity index (χ0n) is 19.0. The van der Waals surface area contributed by atoms with E-state index in [0.29, 0.717) is 35.8 Å². The van der Waals surface area contributed by atoms with Gasteiger partial charge in [0.1, 0.15) is 17.8 Å². The predicted molar refractivity (Wildman–Crippen MR) is 133 cm³/mol. The molecule has 0 fully saturated rings. The Hall–Kier alpha value is -3.58. The molecule has 7 nitrogen and oxygen atoms in total. The van der Waals surface area contributed by atoms with Crippen LogP contribution in [0.1, 0.15) is 25.3 Å². The monoisotopic (exact) mass is 478 g/mol. The van der Waals surface area contributed by atoms with Crippen LogP contribution in [-0.2, 0) is 17.8 Å². The number of nitrogens with one attached hydrogen (secondary N) is 1. The van der Waals surface area contributed by atoms with Crippen LogP contribution in [0, 0.1) is 0 Å². The van der Waals surface area contributed by atoms with E-state index in [4.69, 9.17) is 16.3 Å². The van der Waals surface area contributed by atoms with Crippen molar-refractivity contribution in [1.29, 1.82) is 0 Å². The van der Waals surface area contributed by atoms with Crippen LogP contribution in [0.2, 0.25) is 5.02 Å². The number of benzene rings is 2. The van der Waals surface area contributed by atoms with Gasteiger partial charge < -0.3 is 14.6 Å². The smallest absolute Gasteiger partial charge is 0.277 e. The summed E-state index contributed by atoms with van der Waals surface area (Å²) < 4.78 is 8.64. The van der Waals surface area contributed by atoms with E-state index in [-0.39, 0.29) is 18.0 Å². The fraction of sp³-hybridized carbons (Fsp3) is 0.269. The molecule has 0 saturated heterocycles. The van der Waals surface area contributed by atoms with Crippen molar-refractivity contribution in [2.24, 2.45) is 0 Å². The maximum atomic E-state index is 12.9. The van der Waals surface area contributed by atoms with Crippen molar-refractivity contribution in [3.63, 3.8) is 0 Å². The minimum atomic E-state index is -0.270. The van der Waals surface area contributed by atoms with Crippen LogP contribution in [-0.4, -0.2) is 33.2 Å². The second kappa shape index (κ2) is 11.0. The van der Waals surface area contributed by atoms with Gasteiger partial charge in [0, 0.05) is 29.5 Å².